The lowest BCUT2D eigenvalue weighted by atomic mass is 10.3. The second kappa shape index (κ2) is 5.09. The van der Waals surface area contributed by atoms with Gasteiger partial charge in [-0.3, -0.25) is 9.40 Å². The standard InChI is InChI=1S/C10H11FN4O4S2/c1-15-6-8(5-13-15)21(18,19)14-10-4-7(20(12,16)17)2-3-9(10)11/h2-6,14H,1H3,(H2,12,16,17). The lowest BCUT2D eigenvalue weighted by Crippen LogP contribution is -2.16. The third kappa shape index (κ3) is 3.37. The van der Waals surface area contributed by atoms with Crippen LogP contribution < -0.4 is 9.86 Å². The topological polar surface area (TPSA) is 124 Å². The van der Waals surface area contributed by atoms with Gasteiger partial charge in [0.15, 0.2) is 0 Å². The molecule has 21 heavy (non-hydrogen) atoms. The van der Waals surface area contributed by atoms with Gasteiger partial charge in [-0.15, -0.1) is 0 Å². The zero-order valence-electron chi connectivity index (χ0n) is 10.7. The molecule has 0 amide bonds. The van der Waals surface area contributed by atoms with Gasteiger partial charge in [-0.1, -0.05) is 0 Å². The Morgan fingerprint density at radius 3 is 2.43 bits per heavy atom. The summed E-state index contributed by atoms with van der Waals surface area (Å²) in [7, 11) is -6.65. The van der Waals surface area contributed by atoms with Crippen LogP contribution in [0.15, 0.2) is 40.4 Å². The molecular weight excluding hydrogens is 323 g/mol. The lowest BCUT2D eigenvalue weighted by Gasteiger charge is -2.08. The van der Waals surface area contributed by atoms with Crippen molar-refractivity contribution in [1.82, 2.24) is 9.78 Å². The first-order chi connectivity index (χ1) is 9.59. The number of nitrogens with zero attached hydrogens (tertiary/aromatic N) is 2. The van der Waals surface area contributed by atoms with Crippen molar-refractivity contribution in [3.8, 4) is 0 Å². The predicted molar refractivity (Wildman–Crippen MR) is 71.8 cm³/mol. The van der Waals surface area contributed by atoms with Crippen LogP contribution >= 0.6 is 0 Å². The number of nitrogens with one attached hydrogen (secondary N) is 1. The summed E-state index contributed by atoms with van der Waals surface area (Å²) in [6.45, 7) is 0. The minimum absolute atomic E-state index is 0.189. The van der Waals surface area contributed by atoms with Gasteiger partial charge in [0.05, 0.1) is 16.8 Å². The van der Waals surface area contributed by atoms with E-state index < -0.39 is 36.4 Å². The van der Waals surface area contributed by atoms with Crippen molar-refractivity contribution in [2.75, 3.05) is 4.72 Å². The molecule has 0 saturated carbocycles. The SMILES string of the molecule is Cn1cc(S(=O)(=O)Nc2cc(S(N)(=O)=O)ccc2F)cn1. The number of aryl methyl sites for hydroxylation is 1. The van der Waals surface area contributed by atoms with E-state index in [4.69, 9.17) is 5.14 Å². The first kappa shape index (κ1) is 15.4. The van der Waals surface area contributed by atoms with Crippen LogP contribution in [0.3, 0.4) is 0 Å². The molecule has 114 valence electrons. The van der Waals surface area contributed by atoms with E-state index in [0.717, 1.165) is 24.4 Å². The molecule has 0 fully saturated rings. The lowest BCUT2D eigenvalue weighted by molar-refractivity contribution is 0.593. The number of halogens is 1. The van der Waals surface area contributed by atoms with Crippen LogP contribution in [0.1, 0.15) is 0 Å². The van der Waals surface area contributed by atoms with Crippen LogP contribution in [0, 0.1) is 5.82 Å². The molecule has 1 aromatic heterocycles. The molecule has 0 aliphatic rings. The molecule has 1 heterocycles. The van der Waals surface area contributed by atoms with Crippen molar-refractivity contribution < 1.29 is 21.2 Å². The average molecular weight is 334 g/mol. The molecule has 0 atom stereocenters. The van der Waals surface area contributed by atoms with Crippen molar-refractivity contribution in [1.29, 1.82) is 0 Å². The number of anilines is 1. The van der Waals surface area contributed by atoms with Gasteiger partial charge in [0.2, 0.25) is 10.0 Å². The maximum atomic E-state index is 13.6. The van der Waals surface area contributed by atoms with Gasteiger partial charge in [-0.2, -0.15) is 5.10 Å². The minimum atomic E-state index is -4.09. The maximum Gasteiger partial charge on any atom is 0.265 e. The molecule has 0 aliphatic heterocycles. The van der Waals surface area contributed by atoms with Crippen LogP contribution in [0.2, 0.25) is 0 Å². The summed E-state index contributed by atoms with van der Waals surface area (Å²) in [6.07, 6.45) is 2.29. The summed E-state index contributed by atoms with van der Waals surface area (Å²) >= 11 is 0. The average Bonchev–Trinajstić information content (AvgIpc) is 2.78. The highest BCUT2D eigenvalue weighted by Crippen LogP contribution is 2.22. The smallest absolute Gasteiger partial charge is 0.265 e. The third-order valence-corrected chi connectivity index (χ3v) is 4.73. The van der Waals surface area contributed by atoms with E-state index in [1.165, 1.54) is 17.9 Å². The quantitative estimate of drug-likeness (QED) is 0.815. The van der Waals surface area contributed by atoms with Crippen molar-refractivity contribution in [3.63, 3.8) is 0 Å². The number of hydrogen-bond donors (Lipinski definition) is 2. The summed E-state index contributed by atoms with van der Waals surface area (Å²) in [5, 5.41) is 8.60. The van der Waals surface area contributed by atoms with Gasteiger partial charge in [-0.05, 0) is 18.2 Å². The molecule has 2 rings (SSSR count). The number of benzene rings is 1. The van der Waals surface area contributed by atoms with Crippen molar-refractivity contribution in [2.24, 2.45) is 12.2 Å². The Labute approximate surface area is 120 Å². The normalized spacial score (nSPS) is 12.3. The molecule has 11 heteroatoms. The molecule has 0 bridgehead atoms. The van der Waals surface area contributed by atoms with Crippen molar-refractivity contribution in [3.05, 3.63) is 36.4 Å². The highest BCUT2D eigenvalue weighted by Gasteiger charge is 2.19. The monoisotopic (exact) mass is 334 g/mol. The van der Waals surface area contributed by atoms with E-state index >= 15 is 0 Å². The fourth-order valence-corrected chi connectivity index (χ4v) is 3.08. The molecule has 8 nitrogen and oxygen atoms in total. The van der Waals surface area contributed by atoms with Gasteiger partial charge >= 0.3 is 0 Å². The second-order valence-corrected chi connectivity index (χ2v) is 7.39. The molecule has 0 unspecified atom stereocenters. The van der Waals surface area contributed by atoms with E-state index in [1.54, 1.807) is 0 Å². The number of nitrogens with two attached hydrogens (primary N) is 1. The van der Waals surface area contributed by atoms with E-state index in [1.807, 2.05) is 4.72 Å². The van der Waals surface area contributed by atoms with Crippen molar-refractivity contribution in [2.45, 2.75) is 9.79 Å². The molecule has 0 spiro atoms. The number of aromatic nitrogens is 2. The summed E-state index contributed by atoms with van der Waals surface area (Å²) in [6, 6.07) is 2.55. The molecule has 2 aromatic rings. The molecule has 0 aliphatic carbocycles. The van der Waals surface area contributed by atoms with Gasteiger partial charge in [0, 0.05) is 13.2 Å². The minimum Gasteiger partial charge on any atom is -0.277 e. The summed E-state index contributed by atoms with van der Waals surface area (Å²) in [4.78, 5) is -0.599. The summed E-state index contributed by atoms with van der Waals surface area (Å²) in [5.74, 6) is -0.935. The first-order valence-corrected chi connectivity index (χ1v) is 8.46. The van der Waals surface area contributed by atoms with E-state index in [0.29, 0.717) is 0 Å². The highest BCUT2D eigenvalue weighted by atomic mass is 32.2. The van der Waals surface area contributed by atoms with Gasteiger partial charge in [0.25, 0.3) is 10.0 Å². The van der Waals surface area contributed by atoms with Crippen molar-refractivity contribution >= 4 is 25.7 Å². The number of sulfonamides is 2. The Hall–Kier alpha value is -1.98. The Morgan fingerprint density at radius 2 is 1.90 bits per heavy atom. The fraction of sp³-hybridized carbons (Fsp3) is 0.100. The zero-order valence-corrected chi connectivity index (χ0v) is 12.3. The molecule has 0 radical (unpaired) electrons. The van der Waals surface area contributed by atoms with Gasteiger partial charge in [0.1, 0.15) is 10.7 Å². The van der Waals surface area contributed by atoms with Crippen LogP contribution in [-0.2, 0) is 27.1 Å². The van der Waals surface area contributed by atoms with E-state index in [9.17, 15) is 21.2 Å². The van der Waals surface area contributed by atoms with E-state index in [2.05, 4.69) is 5.10 Å². The van der Waals surface area contributed by atoms with E-state index in [-0.39, 0.29) is 4.90 Å². The number of rotatable bonds is 4. The Morgan fingerprint density at radius 1 is 1.24 bits per heavy atom. The Balaban J connectivity index is 2.44. The zero-order chi connectivity index (χ0) is 15.8. The predicted octanol–water partition coefficient (Wildman–Crippen LogP) is 0.00740. The molecule has 1 aromatic carbocycles. The first-order valence-electron chi connectivity index (χ1n) is 5.43. The van der Waals surface area contributed by atoms with Crippen LogP contribution in [0.5, 0.6) is 0 Å². The van der Waals surface area contributed by atoms with Gasteiger partial charge < -0.3 is 0 Å². The summed E-state index contributed by atoms with van der Waals surface area (Å²) in [5.41, 5.74) is -0.523. The molecular formula is C10H11FN4O4S2. The number of primary sulfonamides is 1. The summed E-state index contributed by atoms with van der Waals surface area (Å²) < 4.78 is 63.3. The molecule has 0 saturated heterocycles. The Kier molecular flexibility index (Phi) is 3.74. The second-order valence-electron chi connectivity index (χ2n) is 4.14. The largest absolute Gasteiger partial charge is 0.277 e. The van der Waals surface area contributed by atoms with Crippen LogP contribution in [-0.4, -0.2) is 26.6 Å². The van der Waals surface area contributed by atoms with Gasteiger partial charge in [-0.25, -0.2) is 26.4 Å². The third-order valence-electron chi connectivity index (χ3n) is 2.50. The highest BCUT2D eigenvalue weighted by molar-refractivity contribution is 7.92. The van der Waals surface area contributed by atoms with Crippen LogP contribution in [0.25, 0.3) is 0 Å². The maximum absolute atomic E-state index is 13.6. The van der Waals surface area contributed by atoms with Crippen LogP contribution in [0.4, 0.5) is 10.1 Å². The fourth-order valence-electron chi connectivity index (χ4n) is 1.50. The number of hydrogen-bond acceptors (Lipinski definition) is 5. The molecule has 3 N–H and O–H groups in total. The Bertz CT molecular complexity index is 890.